The average molecular weight is 425 g/mol. The molecule has 0 saturated heterocycles. The van der Waals surface area contributed by atoms with Crippen LogP contribution in [0.1, 0.15) is 34.1 Å². The molecule has 7 heteroatoms. The van der Waals surface area contributed by atoms with E-state index >= 15 is 0 Å². The Balaban J connectivity index is 1.94. The molecule has 0 saturated carbocycles. The molecule has 6 nitrogen and oxygen atoms in total. The Hall–Kier alpha value is -3.38. The van der Waals surface area contributed by atoms with Crippen molar-refractivity contribution in [2.45, 2.75) is 19.4 Å². The minimum absolute atomic E-state index is 0.148. The maximum atomic E-state index is 12.9. The van der Waals surface area contributed by atoms with E-state index in [1.165, 1.54) is 13.2 Å². The van der Waals surface area contributed by atoms with Gasteiger partial charge in [0.25, 0.3) is 5.91 Å². The van der Waals surface area contributed by atoms with Gasteiger partial charge in [-0.15, -0.1) is 0 Å². The van der Waals surface area contributed by atoms with E-state index in [2.05, 4.69) is 10.3 Å². The Morgan fingerprint density at radius 3 is 2.57 bits per heavy atom. The van der Waals surface area contributed by atoms with Gasteiger partial charge in [0.15, 0.2) is 0 Å². The molecule has 0 spiro atoms. The third-order valence-electron chi connectivity index (χ3n) is 4.66. The third-order valence-corrected chi connectivity index (χ3v) is 4.89. The van der Waals surface area contributed by atoms with Crippen molar-refractivity contribution < 1.29 is 19.4 Å². The predicted octanol–water partition coefficient (Wildman–Crippen LogP) is 4.66. The van der Waals surface area contributed by atoms with Crippen LogP contribution in [0.5, 0.6) is 5.75 Å². The number of carbonyl (C=O) groups is 2. The third kappa shape index (κ3) is 4.96. The number of carboxylic acids is 1. The van der Waals surface area contributed by atoms with Gasteiger partial charge in [-0.3, -0.25) is 9.59 Å². The number of carbonyl (C=O) groups excluding carboxylic acids is 1. The van der Waals surface area contributed by atoms with Crippen molar-refractivity contribution >= 4 is 23.5 Å². The molecule has 3 rings (SSSR count). The van der Waals surface area contributed by atoms with Gasteiger partial charge in [-0.25, -0.2) is 4.98 Å². The summed E-state index contributed by atoms with van der Waals surface area (Å²) in [6.45, 7) is 1.87. The van der Waals surface area contributed by atoms with E-state index in [-0.39, 0.29) is 12.1 Å². The zero-order valence-corrected chi connectivity index (χ0v) is 17.3. The number of benzene rings is 2. The van der Waals surface area contributed by atoms with Crippen LogP contribution in [-0.4, -0.2) is 29.1 Å². The summed E-state index contributed by atoms with van der Waals surface area (Å²) in [5, 5.41) is 12.6. The standard InChI is InChI=1S/C23H21ClN2O4/c1-14-6-3-4-9-17(14)19(13-21(27)28)26-23(29)18-10-11-20(30-2)22(25-18)15-7-5-8-16(24)12-15/h3-12,19H,13H2,1-2H3,(H,26,29)(H,27,28)/t19-/m0/s1. The van der Waals surface area contributed by atoms with Crippen LogP contribution in [0.15, 0.2) is 60.7 Å². The summed E-state index contributed by atoms with van der Waals surface area (Å²) in [5.41, 5.74) is 2.96. The van der Waals surface area contributed by atoms with Crippen LogP contribution < -0.4 is 10.1 Å². The first-order valence-corrected chi connectivity index (χ1v) is 9.66. The van der Waals surface area contributed by atoms with Gasteiger partial charge in [0.1, 0.15) is 17.1 Å². The Bertz CT molecular complexity index is 1080. The Morgan fingerprint density at radius 2 is 1.90 bits per heavy atom. The van der Waals surface area contributed by atoms with Gasteiger partial charge >= 0.3 is 5.97 Å². The average Bonchev–Trinajstić information content (AvgIpc) is 2.72. The van der Waals surface area contributed by atoms with Crippen molar-refractivity contribution in [3.8, 4) is 17.0 Å². The van der Waals surface area contributed by atoms with Crippen LogP contribution in [0.3, 0.4) is 0 Å². The highest BCUT2D eigenvalue weighted by Crippen LogP contribution is 2.30. The van der Waals surface area contributed by atoms with E-state index in [0.717, 1.165) is 11.1 Å². The lowest BCUT2D eigenvalue weighted by molar-refractivity contribution is -0.137. The number of halogens is 1. The predicted molar refractivity (Wildman–Crippen MR) is 115 cm³/mol. The molecular formula is C23H21ClN2O4. The zero-order chi connectivity index (χ0) is 21.7. The number of carboxylic acid groups (broad SMARTS) is 1. The molecule has 0 fully saturated rings. The number of nitrogens with zero attached hydrogens (tertiary/aromatic N) is 1. The number of hydrogen-bond acceptors (Lipinski definition) is 4. The number of rotatable bonds is 7. The molecule has 2 N–H and O–H groups in total. The van der Waals surface area contributed by atoms with Crippen LogP contribution in [-0.2, 0) is 4.79 Å². The summed E-state index contributed by atoms with van der Waals surface area (Å²) in [6, 6.07) is 16.9. The molecule has 1 amide bonds. The second kappa shape index (κ2) is 9.41. The Labute approximate surface area is 179 Å². The number of aliphatic carboxylic acids is 1. The van der Waals surface area contributed by atoms with Crippen LogP contribution in [0.4, 0.5) is 0 Å². The summed E-state index contributed by atoms with van der Waals surface area (Å²) in [7, 11) is 1.52. The minimum Gasteiger partial charge on any atom is -0.494 e. The minimum atomic E-state index is -1.01. The van der Waals surface area contributed by atoms with Crippen molar-refractivity contribution in [1.82, 2.24) is 10.3 Å². The highest BCUT2D eigenvalue weighted by molar-refractivity contribution is 6.30. The molecule has 0 aliphatic carbocycles. The van der Waals surface area contributed by atoms with E-state index in [1.54, 1.807) is 24.3 Å². The first kappa shape index (κ1) is 21.3. The van der Waals surface area contributed by atoms with Gasteiger partial charge in [0, 0.05) is 10.6 Å². The molecule has 0 aliphatic rings. The normalized spacial score (nSPS) is 11.6. The fourth-order valence-electron chi connectivity index (χ4n) is 3.20. The van der Waals surface area contributed by atoms with Gasteiger partial charge in [-0.2, -0.15) is 0 Å². The Kier molecular flexibility index (Phi) is 6.69. The summed E-state index contributed by atoms with van der Waals surface area (Å²) >= 11 is 6.09. The topological polar surface area (TPSA) is 88.5 Å². The number of ether oxygens (including phenoxy) is 1. The van der Waals surface area contributed by atoms with Crippen LogP contribution in [0.25, 0.3) is 11.3 Å². The molecule has 1 heterocycles. The second-order valence-electron chi connectivity index (χ2n) is 6.74. The van der Waals surface area contributed by atoms with E-state index in [0.29, 0.717) is 22.0 Å². The van der Waals surface area contributed by atoms with Crippen LogP contribution in [0.2, 0.25) is 5.02 Å². The van der Waals surface area contributed by atoms with Gasteiger partial charge in [0.05, 0.1) is 19.6 Å². The van der Waals surface area contributed by atoms with Crippen molar-refractivity contribution in [3.63, 3.8) is 0 Å². The number of aryl methyl sites for hydroxylation is 1. The van der Waals surface area contributed by atoms with Crippen molar-refractivity contribution in [3.05, 3.63) is 82.5 Å². The fraction of sp³-hybridized carbons (Fsp3) is 0.174. The second-order valence-corrected chi connectivity index (χ2v) is 7.17. The molecule has 1 atom stereocenters. The zero-order valence-electron chi connectivity index (χ0n) is 16.6. The van der Waals surface area contributed by atoms with Crippen molar-refractivity contribution in [2.24, 2.45) is 0 Å². The van der Waals surface area contributed by atoms with Gasteiger partial charge < -0.3 is 15.2 Å². The maximum Gasteiger partial charge on any atom is 0.305 e. The highest BCUT2D eigenvalue weighted by Gasteiger charge is 2.22. The number of methoxy groups -OCH3 is 1. The summed E-state index contributed by atoms with van der Waals surface area (Å²) < 4.78 is 5.38. The first-order chi connectivity index (χ1) is 14.4. The smallest absolute Gasteiger partial charge is 0.305 e. The molecule has 154 valence electrons. The van der Waals surface area contributed by atoms with Gasteiger partial charge in [0.2, 0.25) is 0 Å². The largest absolute Gasteiger partial charge is 0.494 e. The molecule has 2 aromatic carbocycles. The molecule has 1 aromatic heterocycles. The number of hydrogen-bond donors (Lipinski definition) is 2. The SMILES string of the molecule is COc1ccc(C(=O)N[C@@H](CC(=O)O)c2ccccc2C)nc1-c1cccc(Cl)c1. The number of amides is 1. The number of aromatic nitrogens is 1. The molecule has 0 unspecified atom stereocenters. The monoisotopic (exact) mass is 424 g/mol. The van der Waals surface area contributed by atoms with Crippen molar-refractivity contribution in [2.75, 3.05) is 7.11 Å². The molecule has 30 heavy (non-hydrogen) atoms. The van der Waals surface area contributed by atoms with E-state index in [4.69, 9.17) is 16.3 Å². The highest BCUT2D eigenvalue weighted by atomic mass is 35.5. The van der Waals surface area contributed by atoms with Crippen LogP contribution >= 0.6 is 11.6 Å². The maximum absolute atomic E-state index is 12.9. The molecule has 0 bridgehead atoms. The van der Waals surface area contributed by atoms with Crippen LogP contribution in [0, 0.1) is 6.92 Å². The van der Waals surface area contributed by atoms with E-state index in [1.807, 2.05) is 37.3 Å². The van der Waals surface area contributed by atoms with Gasteiger partial charge in [-0.1, -0.05) is 48.0 Å². The summed E-state index contributed by atoms with van der Waals surface area (Å²) in [4.78, 5) is 28.8. The van der Waals surface area contributed by atoms with E-state index < -0.39 is 17.9 Å². The van der Waals surface area contributed by atoms with Gasteiger partial charge in [-0.05, 0) is 42.3 Å². The first-order valence-electron chi connectivity index (χ1n) is 9.28. The number of pyridine rings is 1. The van der Waals surface area contributed by atoms with E-state index in [9.17, 15) is 14.7 Å². The summed E-state index contributed by atoms with van der Waals surface area (Å²) in [5.74, 6) is -0.990. The molecule has 0 aliphatic heterocycles. The molecular weight excluding hydrogens is 404 g/mol. The molecule has 3 aromatic rings. The quantitative estimate of drug-likeness (QED) is 0.575. The lowest BCUT2D eigenvalue weighted by Gasteiger charge is -2.19. The lowest BCUT2D eigenvalue weighted by Crippen LogP contribution is -2.31. The Morgan fingerprint density at radius 1 is 1.13 bits per heavy atom. The fourth-order valence-corrected chi connectivity index (χ4v) is 3.39. The number of nitrogens with one attached hydrogen (secondary N) is 1. The molecule has 0 radical (unpaired) electrons. The van der Waals surface area contributed by atoms with Crippen molar-refractivity contribution in [1.29, 1.82) is 0 Å². The lowest BCUT2D eigenvalue weighted by atomic mass is 9.98. The summed E-state index contributed by atoms with van der Waals surface area (Å²) in [6.07, 6.45) is -0.242.